The van der Waals surface area contributed by atoms with Gasteiger partial charge in [0.25, 0.3) is 0 Å². The van der Waals surface area contributed by atoms with Gasteiger partial charge in [-0.15, -0.1) is 0 Å². The monoisotopic (exact) mass is 239 g/mol. The lowest BCUT2D eigenvalue weighted by molar-refractivity contribution is -0.142. The van der Waals surface area contributed by atoms with Gasteiger partial charge in [-0.1, -0.05) is 6.07 Å². The van der Waals surface area contributed by atoms with Crippen LogP contribution >= 0.6 is 0 Å². The molecule has 0 atom stereocenters. The Balaban J connectivity index is 2.86. The van der Waals surface area contributed by atoms with Crippen LogP contribution in [0.15, 0.2) is 18.2 Å². The normalized spacial score (nSPS) is 9.59. The zero-order valence-electron chi connectivity index (χ0n) is 9.52. The first-order chi connectivity index (χ1) is 8.12. The van der Waals surface area contributed by atoms with Gasteiger partial charge in [0.1, 0.15) is 0 Å². The summed E-state index contributed by atoms with van der Waals surface area (Å²) in [4.78, 5) is 22.1. The number of hydrogen-bond acceptors (Lipinski definition) is 5. The van der Waals surface area contributed by atoms with Gasteiger partial charge in [-0.25, -0.2) is 5.48 Å². The Morgan fingerprint density at radius 3 is 2.41 bits per heavy atom. The first-order valence-electron chi connectivity index (χ1n) is 4.80. The summed E-state index contributed by atoms with van der Waals surface area (Å²) in [6.07, 6.45) is -0.118. The van der Waals surface area contributed by atoms with Crippen molar-refractivity contribution in [3.8, 4) is 11.5 Å². The molecule has 0 spiro atoms. The summed E-state index contributed by atoms with van der Waals surface area (Å²) in [5.74, 6) is -0.767. The number of Topliss-reactive ketones (excluding diaryl/α,β-unsaturated/α-hetero) is 1. The van der Waals surface area contributed by atoms with Gasteiger partial charge in [-0.3, -0.25) is 14.8 Å². The molecule has 1 aromatic rings. The molecule has 0 saturated heterocycles. The molecule has 6 heteroatoms. The minimum atomic E-state index is -1.04. The molecule has 1 aromatic carbocycles. The predicted octanol–water partition coefficient (Wildman–Crippen LogP) is 0.321. The number of rotatable bonds is 5. The number of methoxy groups -OCH3 is 2. The highest BCUT2D eigenvalue weighted by Crippen LogP contribution is 2.27. The summed E-state index contributed by atoms with van der Waals surface area (Å²) in [7, 11) is 2.98. The third kappa shape index (κ3) is 3.18. The lowest BCUT2D eigenvalue weighted by Gasteiger charge is -2.08. The van der Waals surface area contributed by atoms with Crippen LogP contribution in [-0.2, 0) is 16.0 Å². The Morgan fingerprint density at radius 1 is 1.24 bits per heavy atom. The van der Waals surface area contributed by atoms with E-state index in [9.17, 15) is 9.59 Å². The summed E-state index contributed by atoms with van der Waals surface area (Å²) >= 11 is 0. The molecule has 0 radical (unpaired) electrons. The number of benzene rings is 1. The van der Waals surface area contributed by atoms with Crippen molar-refractivity contribution < 1.29 is 24.3 Å². The van der Waals surface area contributed by atoms with Crippen LogP contribution in [0, 0.1) is 0 Å². The van der Waals surface area contributed by atoms with E-state index in [0.29, 0.717) is 17.1 Å². The van der Waals surface area contributed by atoms with Crippen LogP contribution in [0.1, 0.15) is 5.56 Å². The molecule has 0 saturated carbocycles. The van der Waals surface area contributed by atoms with Crippen LogP contribution in [0.3, 0.4) is 0 Å². The van der Waals surface area contributed by atoms with Crippen molar-refractivity contribution in [2.45, 2.75) is 6.42 Å². The molecule has 0 heterocycles. The van der Waals surface area contributed by atoms with E-state index in [-0.39, 0.29) is 6.42 Å². The van der Waals surface area contributed by atoms with Gasteiger partial charge in [0.15, 0.2) is 11.5 Å². The second kappa shape index (κ2) is 5.86. The SMILES string of the molecule is COc1ccc(CC(=O)C(=O)NO)cc1OC. The summed E-state index contributed by atoms with van der Waals surface area (Å²) in [5, 5.41) is 8.30. The minimum Gasteiger partial charge on any atom is -0.493 e. The molecule has 1 rings (SSSR count). The van der Waals surface area contributed by atoms with Gasteiger partial charge >= 0.3 is 5.91 Å². The molecule has 6 nitrogen and oxygen atoms in total. The van der Waals surface area contributed by atoms with Crippen molar-refractivity contribution in [2.75, 3.05) is 14.2 Å². The van der Waals surface area contributed by atoms with Crippen molar-refractivity contribution in [2.24, 2.45) is 0 Å². The lowest BCUT2D eigenvalue weighted by atomic mass is 10.1. The van der Waals surface area contributed by atoms with E-state index < -0.39 is 11.7 Å². The first-order valence-corrected chi connectivity index (χ1v) is 4.80. The zero-order valence-corrected chi connectivity index (χ0v) is 9.52. The van der Waals surface area contributed by atoms with Gasteiger partial charge < -0.3 is 9.47 Å². The molecule has 0 aliphatic heterocycles. The predicted molar refractivity (Wildman–Crippen MR) is 58.2 cm³/mol. The van der Waals surface area contributed by atoms with Gasteiger partial charge in [0, 0.05) is 6.42 Å². The van der Waals surface area contributed by atoms with Crippen molar-refractivity contribution in [1.82, 2.24) is 5.48 Å². The fourth-order valence-corrected chi connectivity index (χ4v) is 1.32. The fraction of sp³-hybridized carbons (Fsp3) is 0.273. The molecule has 92 valence electrons. The van der Waals surface area contributed by atoms with Crippen LogP contribution in [0.25, 0.3) is 0 Å². The van der Waals surface area contributed by atoms with Crippen LogP contribution < -0.4 is 15.0 Å². The smallest absolute Gasteiger partial charge is 0.311 e. The molecule has 0 aromatic heterocycles. The molecule has 17 heavy (non-hydrogen) atoms. The summed E-state index contributed by atoms with van der Waals surface area (Å²) < 4.78 is 10.1. The maximum Gasteiger partial charge on any atom is 0.311 e. The Morgan fingerprint density at radius 2 is 1.88 bits per heavy atom. The van der Waals surface area contributed by atoms with E-state index in [1.54, 1.807) is 18.2 Å². The van der Waals surface area contributed by atoms with Crippen LogP contribution in [-0.4, -0.2) is 31.1 Å². The maximum atomic E-state index is 11.3. The number of ketones is 1. The summed E-state index contributed by atoms with van der Waals surface area (Å²) in [5.41, 5.74) is 1.89. The molecule has 0 fully saturated rings. The van der Waals surface area contributed by atoms with Crippen LogP contribution in [0.2, 0.25) is 0 Å². The molecule has 0 bridgehead atoms. The molecule has 2 N–H and O–H groups in total. The quantitative estimate of drug-likeness (QED) is 0.439. The van der Waals surface area contributed by atoms with Gasteiger partial charge in [-0.05, 0) is 17.7 Å². The van der Waals surface area contributed by atoms with E-state index in [2.05, 4.69) is 0 Å². The summed E-state index contributed by atoms with van der Waals surface area (Å²) in [6.45, 7) is 0. The van der Waals surface area contributed by atoms with Gasteiger partial charge in [0.2, 0.25) is 5.78 Å². The number of hydrogen-bond donors (Lipinski definition) is 2. The zero-order chi connectivity index (χ0) is 12.8. The van der Waals surface area contributed by atoms with Crippen LogP contribution in [0.5, 0.6) is 11.5 Å². The van der Waals surface area contributed by atoms with Crippen molar-refractivity contribution in [3.05, 3.63) is 23.8 Å². The number of hydroxylamine groups is 1. The number of nitrogens with one attached hydrogen (secondary N) is 1. The number of ether oxygens (including phenoxy) is 2. The topological polar surface area (TPSA) is 84.9 Å². The minimum absolute atomic E-state index is 0.118. The van der Waals surface area contributed by atoms with E-state index >= 15 is 0 Å². The maximum absolute atomic E-state index is 11.3. The fourth-order valence-electron chi connectivity index (χ4n) is 1.32. The second-order valence-electron chi connectivity index (χ2n) is 3.23. The molecular weight excluding hydrogens is 226 g/mol. The van der Waals surface area contributed by atoms with Crippen molar-refractivity contribution in [3.63, 3.8) is 0 Å². The Labute approximate surface area is 98.1 Å². The largest absolute Gasteiger partial charge is 0.493 e. The molecule has 1 amide bonds. The molecular formula is C11H13NO5. The van der Waals surface area contributed by atoms with Crippen LogP contribution in [0.4, 0.5) is 0 Å². The van der Waals surface area contributed by atoms with Crippen molar-refractivity contribution >= 4 is 11.7 Å². The van der Waals surface area contributed by atoms with Crippen molar-refractivity contribution in [1.29, 1.82) is 0 Å². The first kappa shape index (κ1) is 13.0. The Bertz CT molecular complexity index is 430. The lowest BCUT2D eigenvalue weighted by Crippen LogP contribution is -2.29. The summed E-state index contributed by atoms with van der Waals surface area (Å²) in [6, 6.07) is 4.88. The average molecular weight is 239 g/mol. The highest BCUT2D eigenvalue weighted by atomic mass is 16.5. The van der Waals surface area contributed by atoms with E-state index in [1.807, 2.05) is 0 Å². The van der Waals surface area contributed by atoms with E-state index in [4.69, 9.17) is 14.7 Å². The molecule has 0 aliphatic carbocycles. The van der Waals surface area contributed by atoms with E-state index in [0.717, 1.165) is 0 Å². The number of carbonyl (C=O) groups excluding carboxylic acids is 2. The highest BCUT2D eigenvalue weighted by molar-refractivity contribution is 6.36. The third-order valence-electron chi connectivity index (χ3n) is 2.17. The highest BCUT2D eigenvalue weighted by Gasteiger charge is 2.14. The number of carbonyl (C=O) groups is 2. The Kier molecular flexibility index (Phi) is 4.47. The van der Waals surface area contributed by atoms with Gasteiger partial charge in [-0.2, -0.15) is 0 Å². The third-order valence-corrected chi connectivity index (χ3v) is 2.17. The molecule has 0 unspecified atom stereocenters. The second-order valence-corrected chi connectivity index (χ2v) is 3.23. The standard InChI is InChI=1S/C11H13NO5/c1-16-9-4-3-7(6-10(9)17-2)5-8(13)11(14)12-15/h3-4,6,15H,5H2,1-2H3,(H,12,14). The number of amides is 1. The Hall–Kier alpha value is -2.08. The van der Waals surface area contributed by atoms with E-state index in [1.165, 1.54) is 19.7 Å². The van der Waals surface area contributed by atoms with Gasteiger partial charge in [0.05, 0.1) is 14.2 Å². The average Bonchev–Trinajstić information content (AvgIpc) is 2.37. The molecule has 0 aliphatic rings.